The van der Waals surface area contributed by atoms with Crippen LogP contribution in [-0.4, -0.2) is 29.9 Å². The molecule has 1 amide bonds. The summed E-state index contributed by atoms with van der Waals surface area (Å²) in [5.74, 6) is -0.732. The predicted molar refractivity (Wildman–Crippen MR) is 105 cm³/mol. The lowest BCUT2D eigenvalue weighted by molar-refractivity contribution is -0.134. The molecule has 2 aromatic carbocycles. The molecule has 0 unspecified atom stereocenters. The van der Waals surface area contributed by atoms with Crippen molar-refractivity contribution in [3.8, 4) is 11.1 Å². The van der Waals surface area contributed by atoms with Gasteiger partial charge in [0.2, 0.25) is 5.91 Å². The highest BCUT2D eigenvalue weighted by Gasteiger charge is 2.41. The van der Waals surface area contributed by atoms with Crippen LogP contribution in [0.15, 0.2) is 42.5 Å². The fraction of sp³-hybridized carbons (Fsp3) is 0.409. The Balaban J connectivity index is 0.000000203. The minimum Gasteiger partial charge on any atom is -0.339 e. The van der Waals surface area contributed by atoms with Crippen LogP contribution >= 0.6 is 0 Å². The fourth-order valence-electron chi connectivity index (χ4n) is 3.11. The van der Waals surface area contributed by atoms with Gasteiger partial charge in [0.1, 0.15) is 17.5 Å². The minimum absolute atomic E-state index is 0.185. The third kappa shape index (κ3) is 5.35. The van der Waals surface area contributed by atoms with E-state index in [1.54, 1.807) is 0 Å². The number of amides is 1. The Morgan fingerprint density at radius 2 is 1.75 bits per heavy atom. The van der Waals surface area contributed by atoms with E-state index in [2.05, 4.69) is 6.92 Å². The van der Waals surface area contributed by atoms with Gasteiger partial charge >= 0.3 is 0 Å². The van der Waals surface area contributed by atoms with Crippen LogP contribution in [0.2, 0.25) is 0 Å². The van der Waals surface area contributed by atoms with Crippen LogP contribution in [0.3, 0.4) is 0 Å². The summed E-state index contributed by atoms with van der Waals surface area (Å²) in [6.45, 7) is 7.48. The highest BCUT2D eigenvalue weighted by atomic mass is 19.1. The minimum atomic E-state index is -0.694. The van der Waals surface area contributed by atoms with Gasteiger partial charge < -0.3 is 10.6 Å². The Hall–Kier alpha value is -2.34. The summed E-state index contributed by atoms with van der Waals surface area (Å²) in [7, 11) is 0. The fourth-order valence-corrected chi connectivity index (χ4v) is 3.11. The van der Waals surface area contributed by atoms with Gasteiger partial charge in [0.05, 0.1) is 5.56 Å². The zero-order chi connectivity index (χ0) is 20.8. The molecule has 0 bridgehead atoms. The number of halogens is 3. The lowest BCUT2D eigenvalue weighted by Gasteiger charge is -2.27. The molecule has 2 aromatic rings. The monoisotopic (exact) mass is 392 g/mol. The summed E-state index contributed by atoms with van der Waals surface area (Å²) in [5.41, 5.74) is 5.55. The first-order valence-corrected chi connectivity index (χ1v) is 9.50. The van der Waals surface area contributed by atoms with Crippen LogP contribution in [0.4, 0.5) is 13.2 Å². The smallest absolute Gasteiger partial charge is 0.226 e. The van der Waals surface area contributed by atoms with Crippen LogP contribution in [0.25, 0.3) is 11.1 Å². The first kappa shape index (κ1) is 22.0. The summed E-state index contributed by atoms with van der Waals surface area (Å²) in [4.78, 5) is 13.7. The van der Waals surface area contributed by atoms with E-state index >= 15 is 0 Å². The van der Waals surface area contributed by atoms with Gasteiger partial charge in [-0.05, 0) is 56.0 Å². The standard InChI is InChI=1S/C12H7F3.C10H20N2O/c13-9-4-1-3-8(7-9)12-10(14)5-2-6-11(12)15;1-4-12(8(3)6-11)10(13)9-5-7(9)2/h1-7H;7-9H,4-6,11H2,1-3H3/t;7-,8-,9+/m.0/s1. The van der Waals surface area contributed by atoms with Gasteiger partial charge in [-0.3, -0.25) is 4.79 Å². The molecule has 2 N–H and O–H groups in total. The van der Waals surface area contributed by atoms with E-state index in [1.807, 2.05) is 18.7 Å². The molecule has 152 valence electrons. The van der Waals surface area contributed by atoms with E-state index in [-0.39, 0.29) is 23.1 Å². The summed E-state index contributed by atoms with van der Waals surface area (Å²) in [6, 6.07) is 8.94. The first-order valence-electron chi connectivity index (χ1n) is 9.50. The molecule has 1 aliphatic carbocycles. The molecule has 28 heavy (non-hydrogen) atoms. The number of nitrogens with zero attached hydrogens (tertiary/aromatic N) is 1. The van der Waals surface area contributed by atoms with Crippen molar-refractivity contribution in [3.05, 3.63) is 59.9 Å². The summed E-state index contributed by atoms with van der Waals surface area (Å²) in [5, 5.41) is 0. The molecular weight excluding hydrogens is 365 g/mol. The summed E-state index contributed by atoms with van der Waals surface area (Å²) >= 11 is 0. The van der Waals surface area contributed by atoms with Crippen molar-refractivity contribution in [1.29, 1.82) is 0 Å². The SMILES string of the molecule is CCN(C(=O)[C@@H]1C[C@@H]1C)[C@@H](C)CN.Fc1cccc(-c2c(F)cccc2F)c1. The number of rotatable bonds is 5. The van der Waals surface area contributed by atoms with Crippen molar-refractivity contribution >= 4 is 5.91 Å². The number of hydrogen-bond donors (Lipinski definition) is 1. The summed E-state index contributed by atoms with van der Waals surface area (Å²) < 4.78 is 39.5. The molecule has 1 saturated carbocycles. The maximum absolute atomic E-state index is 13.3. The third-order valence-electron chi connectivity index (χ3n) is 5.00. The molecule has 0 aromatic heterocycles. The Morgan fingerprint density at radius 3 is 2.21 bits per heavy atom. The van der Waals surface area contributed by atoms with Crippen LogP contribution < -0.4 is 5.73 Å². The largest absolute Gasteiger partial charge is 0.339 e. The van der Waals surface area contributed by atoms with E-state index in [0.29, 0.717) is 18.4 Å². The number of carbonyl (C=O) groups is 1. The van der Waals surface area contributed by atoms with Gasteiger partial charge in [-0.25, -0.2) is 13.2 Å². The first-order chi connectivity index (χ1) is 13.3. The number of nitrogens with two attached hydrogens (primary N) is 1. The highest BCUT2D eigenvalue weighted by Crippen LogP contribution is 2.39. The van der Waals surface area contributed by atoms with Crippen molar-refractivity contribution in [2.75, 3.05) is 13.1 Å². The Bertz CT molecular complexity index is 792. The molecule has 6 heteroatoms. The average molecular weight is 392 g/mol. The maximum Gasteiger partial charge on any atom is 0.226 e. The van der Waals surface area contributed by atoms with Crippen LogP contribution in [0.1, 0.15) is 27.2 Å². The zero-order valence-corrected chi connectivity index (χ0v) is 16.5. The molecule has 3 atom stereocenters. The van der Waals surface area contributed by atoms with Crippen LogP contribution in [-0.2, 0) is 4.79 Å². The zero-order valence-electron chi connectivity index (χ0n) is 16.5. The van der Waals surface area contributed by atoms with Gasteiger partial charge in [0.25, 0.3) is 0 Å². The van der Waals surface area contributed by atoms with Crippen LogP contribution in [0, 0.1) is 29.3 Å². The van der Waals surface area contributed by atoms with E-state index in [1.165, 1.54) is 24.3 Å². The second kappa shape index (κ2) is 9.73. The maximum atomic E-state index is 13.3. The van der Waals surface area contributed by atoms with Crippen molar-refractivity contribution < 1.29 is 18.0 Å². The molecule has 0 radical (unpaired) electrons. The molecule has 3 nitrogen and oxygen atoms in total. The lowest BCUT2D eigenvalue weighted by Crippen LogP contribution is -2.43. The number of carbonyl (C=O) groups excluding carboxylic acids is 1. The predicted octanol–water partition coefficient (Wildman–Crippen LogP) is 4.61. The topological polar surface area (TPSA) is 46.3 Å². The third-order valence-corrected chi connectivity index (χ3v) is 5.00. The Kier molecular flexibility index (Phi) is 7.63. The van der Waals surface area contributed by atoms with Gasteiger partial charge in [-0.1, -0.05) is 25.1 Å². The van der Waals surface area contributed by atoms with Gasteiger partial charge in [-0.2, -0.15) is 0 Å². The molecule has 3 rings (SSSR count). The molecule has 0 spiro atoms. The number of hydrogen-bond acceptors (Lipinski definition) is 2. The normalized spacial score (nSPS) is 18.7. The number of benzene rings is 2. The molecule has 0 saturated heterocycles. The molecular formula is C22H27F3N2O. The van der Waals surface area contributed by atoms with E-state index in [9.17, 15) is 18.0 Å². The second-order valence-corrected chi connectivity index (χ2v) is 7.14. The van der Waals surface area contributed by atoms with Crippen molar-refractivity contribution in [1.82, 2.24) is 4.90 Å². The van der Waals surface area contributed by atoms with Crippen molar-refractivity contribution in [3.63, 3.8) is 0 Å². The van der Waals surface area contributed by atoms with E-state index in [0.717, 1.165) is 31.2 Å². The molecule has 1 aliphatic rings. The number of likely N-dealkylation sites (N-methyl/N-ethyl adjacent to an activating group) is 1. The van der Waals surface area contributed by atoms with E-state index in [4.69, 9.17) is 5.73 Å². The lowest BCUT2D eigenvalue weighted by atomic mass is 10.0. The van der Waals surface area contributed by atoms with Gasteiger partial charge in [0.15, 0.2) is 0 Å². The van der Waals surface area contributed by atoms with Crippen molar-refractivity contribution in [2.45, 2.75) is 33.2 Å². The molecule has 0 aliphatic heterocycles. The highest BCUT2D eigenvalue weighted by molar-refractivity contribution is 5.81. The summed E-state index contributed by atoms with van der Waals surface area (Å²) in [6.07, 6.45) is 1.06. The Labute approximate surface area is 164 Å². The van der Waals surface area contributed by atoms with Crippen LogP contribution in [0.5, 0.6) is 0 Å². The average Bonchev–Trinajstić information content (AvgIpc) is 3.39. The molecule has 0 heterocycles. The van der Waals surface area contributed by atoms with Gasteiger partial charge in [-0.15, -0.1) is 0 Å². The Morgan fingerprint density at radius 1 is 1.18 bits per heavy atom. The van der Waals surface area contributed by atoms with E-state index < -0.39 is 17.5 Å². The quantitative estimate of drug-likeness (QED) is 0.808. The van der Waals surface area contributed by atoms with Crippen molar-refractivity contribution in [2.24, 2.45) is 17.6 Å². The second-order valence-electron chi connectivity index (χ2n) is 7.14. The van der Waals surface area contributed by atoms with Gasteiger partial charge in [0, 0.05) is 25.0 Å². The molecule has 1 fully saturated rings.